The number of halogens is 2. The number of rotatable bonds is 4. The lowest BCUT2D eigenvalue weighted by molar-refractivity contribution is 0.0743. The number of nitrogens with zero attached hydrogens (tertiary/aromatic N) is 5. The standard InChI is InChI=1S/C25H20F2N6O3/c26-17-3-1-16(2-4-17)21-13-22(30-15-29-21)31-9-11-32(12-10-31)23(34)20-14-28-25(36)33(24(20)35)19-7-5-18(27)6-8-19/h1-8,13-15H,9-12H2,(H,28,36). The molecule has 0 radical (unpaired) electrons. The number of nitrogens with one attached hydrogen (secondary N) is 1. The zero-order valence-electron chi connectivity index (χ0n) is 18.9. The van der Waals surface area contributed by atoms with E-state index in [0.29, 0.717) is 37.7 Å². The molecule has 1 N–H and O–H groups in total. The first-order chi connectivity index (χ1) is 17.4. The molecule has 9 nitrogen and oxygen atoms in total. The molecule has 2 aromatic heterocycles. The Bertz CT molecular complexity index is 1530. The Labute approximate surface area is 203 Å². The van der Waals surface area contributed by atoms with Gasteiger partial charge >= 0.3 is 5.69 Å². The van der Waals surface area contributed by atoms with E-state index in [-0.39, 0.29) is 17.1 Å². The first-order valence-corrected chi connectivity index (χ1v) is 11.1. The Morgan fingerprint density at radius 3 is 2.17 bits per heavy atom. The molecule has 0 saturated carbocycles. The van der Waals surface area contributed by atoms with Crippen LogP contribution in [0.3, 0.4) is 0 Å². The van der Waals surface area contributed by atoms with E-state index >= 15 is 0 Å². The monoisotopic (exact) mass is 490 g/mol. The number of aromatic amines is 1. The van der Waals surface area contributed by atoms with Gasteiger partial charge in [-0.2, -0.15) is 0 Å². The number of hydrogen-bond donors (Lipinski definition) is 1. The van der Waals surface area contributed by atoms with E-state index in [4.69, 9.17) is 0 Å². The summed E-state index contributed by atoms with van der Waals surface area (Å²) >= 11 is 0. The summed E-state index contributed by atoms with van der Waals surface area (Å²) in [6.07, 6.45) is 2.54. The molecule has 4 aromatic rings. The molecule has 5 rings (SSSR count). The third kappa shape index (κ3) is 4.50. The van der Waals surface area contributed by atoms with Crippen LogP contribution in [0.25, 0.3) is 16.9 Å². The van der Waals surface area contributed by atoms with Crippen molar-refractivity contribution in [1.82, 2.24) is 24.4 Å². The van der Waals surface area contributed by atoms with E-state index in [2.05, 4.69) is 15.0 Å². The summed E-state index contributed by atoms with van der Waals surface area (Å²) in [6.45, 7) is 1.57. The van der Waals surface area contributed by atoms with Crippen LogP contribution in [0.5, 0.6) is 0 Å². The Morgan fingerprint density at radius 1 is 0.861 bits per heavy atom. The summed E-state index contributed by atoms with van der Waals surface area (Å²) in [7, 11) is 0. The fraction of sp³-hybridized carbons (Fsp3) is 0.160. The molecule has 36 heavy (non-hydrogen) atoms. The van der Waals surface area contributed by atoms with Gasteiger partial charge in [0.1, 0.15) is 29.3 Å². The van der Waals surface area contributed by atoms with Gasteiger partial charge in [0, 0.05) is 44.0 Å². The molecule has 1 aliphatic heterocycles. The van der Waals surface area contributed by atoms with Crippen molar-refractivity contribution in [3.63, 3.8) is 0 Å². The summed E-state index contributed by atoms with van der Waals surface area (Å²) < 4.78 is 27.3. The van der Waals surface area contributed by atoms with E-state index in [0.717, 1.165) is 28.5 Å². The Hall–Kier alpha value is -4.67. The smallest absolute Gasteiger partial charge is 0.333 e. The second-order valence-corrected chi connectivity index (χ2v) is 8.17. The molecule has 1 aliphatic rings. The zero-order chi connectivity index (χ0) is 25.2. The summed E-state index contributed by atoms with van der Waals surface area (Å²) in [5.74, 6) is -0.692. The van der Waals surface area contributed by atoms with Crippen LogP contribution in [0, 0.1) is 11.6 Å². The van der Waals surface area contributed by atoms with Crippen LogP contribution in [0.15, 0.2) is 76.7 Å². The first-order valence-electron chi connectivity index (χ1n) is 11.1. The quantitative estimate of drug-likeness (QED) is 0.471. The molecule has 0 aliphatic carbocycles. The normalized spacial score (nSPS) is 13.6. The number of hydrogen-bond acceptors (Lipinski definition) is 6. The second kappa shape index (κ2) is 9.53. The average molecular weight is 490 g/mol. The second-order valence-electron chi connectivity index (χ2n) is 8.17. The third-order valence-electron chi connectivity index (χ3n) is 5.98. The zero-order valence-corrected chi connectivity index (χ0v) is 18.9. The number of carbonyl (C=O) groups is 1. The van der Waals surface area contributed by atoms with Gasteiger partial charge in [0.15, 0.2) is 0 Å². The molecular formula is C25H20F2N6O3. The predicted octanol–water partition coefficient (Wildman–Crippen LogP) is 2.22. The molecule has 1 amide bonds. The Kier molecular flexibility index (Phi) is 6.11. The Morgan fingerprint density at radius 2 is 1.50 bits per heavy atom. The largest absolute Gasteiger partial charge is 0.353 e. The third-order valence-corrected chi connectivity index (χ3v) is 5.98. The molecule has 2 aromatic carbocycles. The summed E-state index contributed by atoms with van der Waals surface area (Å²) in [6, 6.07) is 12.6. The van der Waals surface area contributed by atoms with Crippen molar-refractivity contribution in [1.29, 1.82) is 0 Å². The van der Waals surface area contributed by atoms with E-state index in [1.165, 1.54) is 35.5 Å². The van der Waals surface area contributed by atoms with E-state index in [1.54, 1.807) is 18.2 Å². The first kappa shape index (κ1) is 23.1. The van der Waals surface area contributed by atoms with Gasteiger partial charge in [-0.3, -0.25) is 9.59 Å². The van der Waals surface area contributed by atoms with Crippen molar-refractivity contribution in [2.75, 3.05) is 31.1 Å². The summed E-state index contributed by atoms with van der Waals surface area (Å²) in [5.41, 5.74) is -0.139. The Balaban J connectivity index is 1.32. The number of carbonyl (C=O) groups excluding carboxylic acids is 1. The highest BCUT2D eigenvalue weighted by molar-refractivity contribution is 5.93. The lowest BCUT2D eigenvalue weighted by atomic mass is 10.1. The van der Waals surface area contributed by atoms with Gasteiger partial charge in [0.2, 0.25) is 0 Å². The highest BCUT2D eigenvalue weighted by Crippen LogP contribution is 2.22. The average Bonchev–Trinajstić information content (AvgIpc) is 2.90. The van der Waals surface area contributed by atoms with Gasteiger partial charge in [-0.25, -0.2) is 28.1 Å². The van der Waals surface area contributed by atoms with Gasteiger partial charge in [-0.15, -0.1) is 0 Å². The molecule has 0 unspecified atom stereocenters. The van der Waals surface area contributed by atoms with Crippen molar-refractivity contribution in [3.05, 3.63) is 105 Å². The fourth-order valence-corrected chi connectivity index (χ4v) is 4.06. The van der Waals surface area contributed by atoms with Gasteiger partial charge < -0.3 is 14.8 Å². The lowest BCUT2D eigenvalue weighted by Crippen LogP contribution is -2.50. The van der Waals surface area contributed by atoms with Crippen LogP contribution in [-0.4, -0.2) is 56.5 Å². The maximum Gasteiger partial charge on any atom is 0.333 e. The molecule has 0 bridgehead atoms. The number of aromatic nitrogens is 4. The minimum atomic E-state index is -0.780. The number of amides is 1. The van der Waals surface area contributed by atoms with Crippen molar-refractivity contribution in [2.24, 2.45) is 0 Å². The van der Waals surface area contributed by atoms with Crippen molar-refractivity contribution < 1.29 is 13.6 Å². The maximum atomic E-state index is 13.3. The van der Waals surface area contributed by atoms with Crippen molar-refractivity contribution >= 4 is 11.7 Å². The summed E-state index contributed by atoms with van der Waals surface area (Å²) in [5, 5.41) is 0. The fourth-order valence-electron chi connectivity index (χ4n) is 4.06. The molecule has 1 saturated heterocycles. The van der Waals surface area contributed by atoms with Crippen LogP contribution < -0.4 is 16.1 Å². The summed E-state index contributed by atoms with van der Waals surface area (Å²) in [4.78, 5) is 52.9. The van der Waals surface area contributed by atoms with Crippen LogP contribution >= 0.6 is 0 Å². The molecule has 0 spiro atoms. The SMILES string of the molecule is O=C(c1c[nH]c(=O)n(-c2ccc(F)cc2)c1=O)N1CCN(c2cc(-c3ccc(F)cc3)ncn2)CC1. The highest BCUT2D eigenvalue weighted by atomic mass is 19.1. The molecule has 11 heteroatoms. The number of anilines is 1. The van der Waals surface area contributed by atoms with Gasteiger partial charge in [-0.05, 0) is 48.5 Å². The molecule has 3 heterocycles. The van der Waals surface area contributed by atoms with Crippen molar-refractivity contribution in [3.8, 4) is 16.9 Å². The van der Waals surface area contributed by atoms with E-state index < -0.39 is 23.0 Å². The number of piperazine rings is 1. The van der Waals surface area contributed by atoms with E-state index in [1.807, 2.05) is 4.90 Å². The molecule has 0 atom stereocenters. The van der Waals surface area contributed by atoms with Gasteiger partial charge in [0.05, 0.1) is 11.4 Å². The van der Waals surface area contributed by atoms with Gasteiger partial charge in [-0.1, -0.05) is 0 Å². The van der Waals surface area contributed by atoms with Crippen LogP contribution in [-0.2, 0) is 0 Å². The molecule has 182 valence electrons. The van der Waals surface area contributed by atoms with Crippen LogP contribution in [0.4, 0.5) is 14.6 Å². The highest BCUT2D eigenvalue weighted by Gasteiger charge is 2.26. The molecular weight excluding hydrogens is 470 g/mol. The number of H-pyrrole nitrogens is 1. The predicted molar refractivity (Wildman–Crippen MR) is 128 cm³/mol. The molecule has 1 fully saturated rings. The lowest BCUT2D eigenvalue weighted by Gasteiger charge is -2.35. The van der Waals surface area contributed by atoms with Gasteiger partial charge in [0.25, 0.3) is 11.5 Å². The topological polar surface area (TPSA) is 104 Å². The maximum absolute atomic E-state index is 13.3. The van der Waals surface area contributed by atoms with Crippen molar-refractivity contribution in [2.45, 2.75) is 0 Å². The minimum absolute atomic E-state index is 0.155. The number of benzene rings is 2. The van der Waals surface area contributed by atoms with Crippen LogP contribution in [0.2, 0.25) is 0 Å². The van der Waals surface area contributed by atoms with E-state index in [9.17, 15) is 23.2 Å². The van der Waals surface area contributed by atoms with Crippen LogP contribution in [0.1, 0.15) is 10.4 Å². The minimum Gasteiger partial charge on any atom is -0.353 e.